The lowest BCUT2D eigenvalue weighted by atomic mass is 9.99. The number of benzene rings is 1. The van der Waals surface area contributed by atoms with Crippen molar-refractivity contribution in [2.75, 3.05) is 44.5 Å². The van der Waals surface area contributed by atoms with Gasteiger partial charge < -0.3 is 20.1 Å². The number of esters is 1. The van der Waals surface area contributed by atoms with E-state index < -0.39 is 5.97 Å². The molecule has 0 aromatic heterocycles. The van der Waals surface area contributed by atoms with E-state index in [0.717, 1.165) is 38.3 Å². The summed E-state index contributed by atoms with van der Waals surface area (Å²) in [5, 5.41) is 0. The van der Waals surface area contributed by atoms with Gasteiger partial charge >= 0.3 is 5.97 Å². The van der Waals surface area contributed by atoms with E-state index in [2.05, 4.69) is 4.90 Å². The van der Waals surface area contributed by atoms with Crippen LogP contribution < -0.4 is 10.6 Å². The molecule has 1 aliphatic heterocycles. The van der Waals surface area contributed by atoms with Gasteiger partial charge in [0, 0.05) is 26.8 Å². The molecule has 0 radical (unpaired) electrons. The van der Waals surface area contributed by atoms with Gasteiger partial charge in [0.05, 0.1) is 24.0 Å². The van der Waals surface area contributed by atoms with E-state index in [0.29, 0.717) is 17.2 Å². The largest absolute Gasteiger partial charge is 0.465 e. The summed E-state index contributed by atoms with van der Waals surface area (Å²) in [6.07, 6.45) is 2.14. The van der Waals surface area contributed by atoms with Crippen molar-refractivity contribution in [1.82, 2.24) is 0 Å². The van der Waals surface area contributed by atoms with E-state index in [4.69, 9.17) is 15.2 Å². The molecular weight excluding hydrogens is 256 g/mol. The zero-order valence-electron chi connectivity index (χ0n) is 12.1. The van der Waals surface area contributed by atoms with Crippen LogP contribution in [0.2, 0.25) is 0 Å². The lowest BCUT2D eigenvalue weighted by Crippen LogP contribution is -2.30. The SMILES string of the molecule is COC(=O)c1cccc(N(C)CC2CCOCC2)c1N. The first kappa shape index (κ1) is 14.7. The highest BCUT2D eigenvalue weighted by molar-refractivity contribution is 5.98. The zero-order chi connectivity index (χ0) is 14.5. The topological polar surface area (TPSA) is 64.8 Å². The summed E-state index contributed by atoms with van der Waals surface area (Å²) in [6, 6.07) is 5.45. The maximum Gasteiger partial charge on any atom is 0.340 e. The van der Waals surface area contributed by atoms with Crippen molar-refractivity contribution in [2.24, 2.45) is 5.92 Å². The first-order valence-electron chi connectivity index (χ1n) is 6.89. The third-order valence-corrected chi connectivity index (χ3v) is 3.77. The fraction of sp³-hybridized carbons (Fsp3) is 0.533. The number of hydrogen-bond acceptors (Lipinski definition) is 5. The van der Waals surface area contributed by atoms with Gasteiger partial charge in [-0.15, -0.1) is 0 Å². The smallest absolute Gasteiger partial charge is 0.340 e. The number of methoxy groups -OCH3 is 1. The Bertz CT molecular complexity index is 470. The molecule has 2 rings (SSSR count). The van der Waals surface area contributed by atoms with Gasteiger partial charge in [0.1, 0.15) is 0 Å². The molecule has 0 spiro atoms. The Morgan fingerprint density at radius 2 is 2.15 bits per heavy atom. The Labute approximate surface area is 119 Å². The molecule has 20 heavy (non-hydrogen) atoms. The summed E-state index contributed by atoms with van der Waals surface area (Å²) in [5.41, 5.74) is 7.87. The molecular formula is C15H22N2O3. The normalized spacial score (nSPS) is 15.9. The first-order chi connectivity index (χ1) is 9.63. The second kappa shape index (κ2) is 6.61. The lowest BCUT2D eigenvalue weighted by molar-refractivity contribution is 0.0602. The predicted octanol–water partition coefficient (Wildman–Crippen LogP) is 1.92. The van der Waals surface area contributed by atoms with E-state index in [9.17, 15) is 4.79 Å². The molecule has 2 N–H and O–H groups in total. The molecule has 1 aliphatic rings. The van der Waals surface area contributed by atoms with Crippen molar-refractivity contribution in [1.29, 1.82) is 0 Å². The number of rotatable bonds is 4. The Balaban J connectivity index is 2.12. The Morgan fingerprint density at radius 3 is 2.80 bits per heavy atom. The summed E-state index contributed by atoms with van der Waals surface area (Å²) >= 11 is 0. The molecule has 0 atom stereocenters. The van der Waals surface area contributed by atoms with Crippen LogP contribution in [0.1, 0.15) is 23.2 Å². The van der Waals surface area contributed by atoms with Gasteiger partial charge in [0.2, 0.25) is 0 Å². The molecule has 0 saturated carbocycles. The summed E-state index contributed by atoms with van der Waals surface area (Å²) < 4.78 is 10.1. The number of carbonyl (C=O) groups excluding carboxylic acids is 1. The standard InChI is InChI=1S/C15H22N2O3/c1-17(10-11-6-8-20-9-7-11)13-5-3-4-12(14(13)16)15(18)19-2/h3-5,11H,6-10,16H2,1-2H3. The van der Waals surface area contributed by atoms with E-state index >= 15 is 0 Å². The molecule has 5 heteroatoms. The van der Waals surface area contributed by atoms with Crippen molar-refractivity contribution in [3.05, 3.63) is 23.8 Å². The van der Waals surface area contributed by atoms with Gasteiger partial charge in [-0.2, -0.15) is 0 Å². The predicted molar refractivity (Wildman–Crippen MR) is 79.0 cm³/mol. The van der Waals surface area contributed by atoms with Crippen LogP contribution in [0, 0.1) is 5.92 Å². The monoisotopic (exact) mass is 278 g/mol. The summed E-state index contributed by atoms with van der Waals surface area (Å²) in [7, 11) is 3.36. The number of nitrogens with two attached hydrogens (primary N) is 1. The quantitative estimate of drug-likeness (QED) is 0.673. The molecule has 0 unspecified atom stereocenters. The minimum absolute atomic E-state index is 0.399. The van der Waals surface area contributed by atoms with Crippen molar-refractivity contribution in [3.63, 3.8) is 0 Å². The maximum atomic E-state index is 11.7. The molecule has 1 aromatic rings. The van der Waals surface area contributed by atoms with E-state index in [1.54, 1.807) is 6.07 Å². The van der Waals surface area contributed by atoms with Crippen molar-refractivity contribution in [2.45, 2.75) is 12.8 Å². The van der Waals surface area contributed by atoms with Gasteiger partial charge in [-0.05, 0) is 30.9 Å². The van der Waals surface area contributed by atoms with Crippen LogP contribution in [0.15, 0.2) is 18.2 Å². The number of nitrogen functional groups attached to an aromatic ring is 1. The number of ether oxygens (including phenoxy) is 2. The third-order valence-electron chi connectivity index (χ3n) is 3.77. The Kier molecular flexibility index (Phi) is 4.84. The van der Waals surface area contributed by atoms with Crippen LogP contribution in [0.3, 0.4) is 0 Å². The first-order valence-corrected chi connectivity index (χ1v) is 6.89. The fourth-order valence-electron chi connectivity index (χ4n) is 2.59. The molecule has 5 nitrogen and oxygen atoms in total. The third kappa shape index (κ3) is 3.22. The summed E-state index contributed by atoms with van der Waals surface area (Å²) in [4.78, 5) is 13.8. The highest BCUT2D eigenvalue weighted by atomic mass is 16.5. The van der Waals surface area contributed by atoms with E-state index in [1.165, 1.54) is 7.11 Å². The van der Waals surface area contributed by atoms with E-state index in [-0.39, 0.29) is 0 Å². The van der Waals surface area contributed by atoms with Gasteiger partial charge in [-0.1, -0.05) is 6.07 Å². The van der Waals surface area contributed by atoms with Gasteiger partial charge in [-0.3, -0.25) is 0 Å². The van der Waals surface area contributed by atoms with Crippen LogP contribution in [0.5, 0.6) is 0 Å². The summed E-state index contributed by atoms with van der Waals surface area (Å²) in [6.45, 7) is 2.57. The van der Waals surface area contributed by atoms with Crippen molar-refractivity contribution in [3.8, 4) is 0 Å². The highest BCUT2D eigenvalue weighted by Crippen LogP contribution is 2.28. The molecule has 0 bridgehead atoms. The molecule has 1 fully saturated rings. The van der Waals surface area contributed by atoms with Gasteiger partial charge in [-0.25, -0.2) is 4.79 Å². The van der Waals surface area contributed by atoms with Crippen LogP contribution in [0.25, 0.3) is 0 Å². The molecule has 0 amide bonds. The average molecular weight is 278 g/mol. The average Bonchev–Trinajstić information content (AvgIpc) is 2.47. The van der Waals surface area contributed by atoms with Crippen LogP contribution in [-0.4, -0.2) is 39.9 Å². The number of anilines is 2. The Morgan fingerprint density at radius 1 is 1.45 bits per heavy atom. The number of hydrogen-bond donors (Lipinski definition) is 1. The van der Waals surface area contributed by atoms with Gasteiger partial charge in [0.25, 0.3) is 0 Å². The lowest BCUT2D eigenvalue weighted by Gasteiger charge is -2.29. The van der Waals surface area contributed by atoms with Crippen LogP contribution in [0.4, 0.5) is 11.4 Å². The van der Waals surface area contributed by atoms with Gasteiger partial charge in [0.15, 0.2) is 0 Å². The van der Waals surface area contributed by atoms with Crippen molar-refractivity contribution >= 4 is 17.3 Å². The molecule has 0 aliphatic carbocycles. The fourth-order valence-corrected chi connectivity index (χ4v) is 2.59. The highest BCUT2D eigenvalue weighted by Gasteiger charge is 2.19. The van der Waals surface area contributed by atoms with Crippen LogP contribution in [-0.2, 0) is 9.47 Å². The maximum absolute atomic E-state index is 11.7. The Hall–Kier alpha value is -1.75. The second-order valence-electron chi connectivity index (χ2n) is 5.17. The zero-order valence-corrected chi connectivity index (χ0v) is 12.1. The van der Waals surface area contributed by atoms with Crippen LogP contribution >= 0.6 is 0 Å². The second-order valence-corrected chi connectivity index (χ2v) is 5.17. The summed E-state index contributed by atoms with van der Waals surface area (Å²) in [5.74, 6) is 0.207. The number of nitrogens with zero attached hydrogens (tertiary/aromatic N) is 1. The molecule has 1 saturated heterocycles. The molecule has 1 heterocycles. The van der Waals surface area contributed by atoms with E-state index in [1.807, 2.05) is 19.2 Å². The van der Waals surface area contributed by atoms with Crippen molar-refractivity contribution < 1.29 is 14.3 Å². The minimum atomic E-state index is -0.399. The molecule has 1 aromatic carbocycles. The molecule has 110 valence electrons. The number of para-hydroxylation sites is 1. The minimum Gasteiger partial charge on any atom is -0.465 e. The number of carbonyl (C=O) groups is 1.